The van der Waals surface area contributed by atoms with Crippen LogP contribution in [0.3, 0.4) is 0 Å². The van der Waals surface area contributed by atoms with Gasteiger partial charge in [-0.1, -0.05) is 18.2 Å². The smallest absolute Gasteiger partial charge is 0.323 e. The predicted octanol–water partition coefficient (Wildman–Crippen LogP) is 5.38. The molecule has 0 unspecified atom stereocenters. The number of amides is 3. The Morgan fingerprint density at radius 1 is 1.00 bits per heavy atom. The molecule has 3 amide bonds. The zero-order chi connectivity index (χ0) is 33.3. The number of anilines is 1. The molecule has 12 nitrogen and oxygen atoms in total. The summed E-state index contributed by atoms with van der Waals surface area (Å²) in [5.41, 5.74) is -2.73. The van der Waals surface area contributed by atoms with Gasteiger partial charge in [0.15, 0.2) is 0 Å². The van der Waals surface area contributed by atoms with E-state index in [-0.39, 0.29) is 5.69 Å². The number of rotatable bonds is 6. The summed E-state index contributed by atoms with van der Waals surface area (Å²) in [5.74, 6) is -0.750. The Balaban J connectivity index is 0.000000240. The number of carbonyl (C=O) groups excluding carboxylic acids is 2. The maximum Gasteiger partial charge on any atom is 0.423 e. The van der Waals surface area contributed by atoms with Crippen LogP contribution in [-0.4, -0.2) is 37.2 Å². The number of hydrogen-bond acceptors (Lipinski definition) is 8. The Morgan fingerprint density at radius 2 is 1.57 bits per heavy atom. The van der Waals surface area contributed by atoms with E-state index in [1.165, 1.54) is 20.2 Å². The van der Waals surface area contributed by atoms with Gasteiger partial charge < -0.3 is 5.32 Å². The molecule has 0 aliphatic carbocycles. The Kier molecular flexibility index (Phi) is 8.87. The quantitative estimate of drug-likeness (QED) is 0.220. The summed E-state index contributed by atoms with van der Waals surface area (Å²) in [4.78, 5) is 37.8. The van der Waals surface area contributed by atoms with Crippen LogP contribution in [0.5, 0.6) is 0 Å². The molecule has 0 atom stereocenters. The number of halogens is 3. The van der Waals surface area contributed by atoms with Crippen molar-refractivity contribution in [1.82, 2.24) is 20.1 Å². The molecule has 1 N–H and O–H groups in total. The zero-order valence-electron chi connectivity index (χ0n) is 24.7. The van der Waals surface area contributed by atoms with E-state index in [1.54, 1.807) is 11.0 Å². The highest BCUT2D eigenvalue weighted by Gasteiger charge is 2.46. The summed E-state index contributed by atoms with van der Waals surface area (Å²) in [6.45, 7) is 10.9. The summed E-state index contributed by atoms with van der Waals surface area (Å²) in [5, 5.41) is 35.9. The molecule has 0 saturated carbocycles. The molecule has 0 radical (unpaired) electrons. The van der Waals surface area contributed by atoms with Crippen LogP contribution in [0.15, 0.2) is 49.1 Å². The first kappa shape index (κ1) is 33.2. The van der Waals surface area contributed by atoms with Crippen LogP contribution >= 0.6 is 0 Å². The number of benzene rings is 2. The molecule has 3 aromatic rings. The fraction of sp³-hybridized carbons (Fsp3) is 0.379. The molecular weight excluding hydrogens is 581 g/mol. The molecular formula is C29H29F3N8O4. The van der Waals surface area contributed by atoms with Gasteiger partial charge in [-0.05, 0) is 70.4 Å². The number of nitrogens with one attached hydrogen (secondary N) is 1. The fourth-order valence-corrected chi connectivity index (χ4v) is 4.17. The van der Waals surface area contributed by atoms with Crippen molar-refractivity contribution in [1.29, 1.82) is 10.5 Å². The summed E-state index contributed by atoms with van der Waals surface area (Å²) in [6.07, 6.45) is -1.85. The van der Waals surface area contributed by atoms with Gasteiger partial charge in [-0.25, -0.2) is 19.4 Å². The number of nitriles is 2. The van der Waals surface area contributed by atoms with E-state index in [1.807, 2.05) is 45.9 Å². The van der Waals surface area contributed by atoms with E-state index in [2.05, 4.69) is 27.5 Å². The van der Waals surface area contributed by atoms with Crippen molar-refractivity contribution in [3.05, 3.63) is 81.4 Å². The summed E-state index contributed by atoms with van der Waals surface area (Å²) >= 11 is 0. The molecule has 1 aromatic heterocycles. The highest BCUT2D eigenvalue weighted by Crippen LogP contribution is 2.39. The number of alkyl halides is 3. The van der Waals surface area contributed by atoms with Crippen molar-refractivity contribution in [3.8, 4) is 12.1 Å². The fourth-order valence-electron chi connectivity index (χ4n) is 4.17. The lowest BCUT2D eigenvalue weighted by molar-refractivity contribution is -0.388. The standard InChI is InChI=1S/C17H19N5.C12H10F3N3O4/c1-16(2,9-18)14-5-13(8-22-12-20-11-21-22)6-15(7-14)17(3,4)10-19;1-11(2)9(19)17(10(20)16-11)6-3-4-8(18(21)22)7(5-6)12(13,14)15/h5-7,11-12H,8H2,1-4H3;3-5H,1-2H3,(H,16,20). The third kappa shape index (κ3) is 7.00. The molecule has 230 valence electrons. The maximum absolute atomic E-state index is 12.9. The van der Waals surface area contributed by atoms with Crippen molar-refractivity contribution in [2.24, 2.45) is 0 Å². The molecule has 1 aliphatic heterocycles. The molecule has 2 heterocycles. The minimum atomic E-state index is -4.99. The van der Waals surface area contributed by atoms with Gasteiger partial charge in [0.05, 0.1) is 40.1 Å². The number of nitro groups is 1. The average Bonchev–Trinajstić information content (AvgIpc) is 3.52. The number of nitrogens with zero attached hydrogens (tertiary/aromatic N) is 7. The molecule has 1 aliphatic rings. The minimum Gasteiger partial charge on any atom is -0.323 e. The average molecular weight is 611 g/mol. The molecule has 0 spiro atoms. The molecule has 44 heavy (non-hydrogen) atoms. The second kappa shape index (κ2) is 11.8. The number of urea groups is 1. The number of carbonyl (C=O) groups is 2. The van der Waals surface area contributed by atoms with Crippen LogP contribution in [0.25, 0.3) is 0 Å². The molecule has 1 fully saturated rings. The monoisotopic (exact) mass is 610 g/mol. The van der Waals surface area contributed by atoms with Crippen molar-refractivity contribution in [2.45, 2.75) is 70.6 Å². The van der Waals surface area contributed by atoms with E-state index in [9.17, 15) is 43.4 Å². The number of nitro benzene ring substituents is 1. The lowest BCUT2D eigenvalue weighted by atomic mass is 9.79. The second-order valence-corrected chi connectivity index (χ2v) is 11.6. The lowest BCUT2D eigenvalue weighted by Crippen LogP contribution is -2.40. The van der Waals surface area contributed by atoms with Gasteiger partial charge in [-0.15, -0.1) is 0 Å². The Labute approximate surface area is 250 Å². The van der Waals surface area contributed by atoms with Gasteiger partial charge in [-0.3, -0.25) is 14.9 Å². The number of aromatic nitrogens is 3. The Hall–Kier alpha value is -5.31. The molecule has 2 aromatic carbocycles. The van der Waals surface area contributed by atoms with E-state index >= 15 is 0 Å². The van der Waals surface area contributed by atoms with Crippen LogP contribution in [0, 0.1) is 32.8 Å². The minimum absolute atomic E-state index is 0.383. The van der Waals surface area contributed by atoms with Gasteiger partial charge in [0, 0.05) is 6.07 Å². The Bertz CT molecular complexity index is 1640. The third-order valence-electron chi connectivity index (χ3n) is 6.91. The first-order valence-corrected chi connectivity index (χ1v) is 13.1. The topological polar surface area (TPSA) is 171 Å². The second-order valence-electron chi connectivity index (χ2n) is 11.6. The van der Waals surface area contributed by atoms with E-state index in [0.29, 0.717) is 23.6 Å². The van der Waals surface area contributed by atoms with Crippen molar-refractivity contribution < 1.29 is 27.7 Å². The van der Waals surface area contributed by atoms with E-state index in [4.69, 9.17) is 0 Å². The van der Waals surface area contributed by atoms with E-state index in [0.717, 1.165) is 22.8 Å². The van der Waals surface area contributed by atoms with Gasteiger partial charge in [0.2, 0.25) is 0 Å². The maximum atomic E-state index is 12.9. The summed E-state index contributed by atoms with van der Waals surface area (Å²) < 4.78 is 40.5. The predicted molar refractivity (Wildman–Crippen MR) is 151 cm³/mol. The SMILES string of the molecule is CC(C)(C#N)c1cc(Cn2cncn2)cc(C(C)(C)C#N)c1.CC1(C)NC(=O)N(c2ccc([N+](=O)[O-])c(C(F)(F)F)c2)C1=O. The largest absolute Gasteiger partial charge is 0.423 e. The van der Waals surface area contributed by atoms with Crippen molar-refractivity contribution in [2.75, 3.05) is 4.90 Å². The highest BCUT2D eigenvalue weighted by molar-refractivity contribution is 6.23. The molecule has 4 rings (SSSR count). The van der Waals surface area contributed by atoms with Crippen LogP contribution in [0.4, 0.5) is 29.3 Å². The van der Waals surface area contributed by atoms with Gasteiger partial charge in [0.25, 0.3) is 11.6 Å². The number of hydrogen-bond donors (Lipinski definition) is 1. The molecule has 15 heteroatoms. The van der Waals surface area contributed by atoms with Crippen molar-refractivity contribution in [3.63, 3.8) is 0 Å². The molecule has 0 bridgehead atoms. The normalized spacial score (nSPS) is 14.7. The van der Waals surface area contributed by atoms with Crippen LogP contribution in [0.2, 0.25) is 0 Å². The van der Waals surface area contributed by atoms with Crippen LogP contribution in [-0.2, 0) is 28.3 Å². The lowest BCUT2D eigenvalue weighted by Gasteiger charge is -2.23. The van der Waals surface area contributed by atoms with Crippen molar-refractivity contribution >= 4 is 23.3 Å². The van der Waals surface area contributed by atoms with Gasteiger partial charge >= 0.3 is 12.2 Å². The first-order valence-electron chi connectivity index (χ1n) is 13.1. The third-order valence-corrected chi connectivity index (χ3v) is 6.91. The van der Waals surface area contributed by atoms with Gasteiger partial charge in [0.1, 0.15) is 23.8 Å². The van der Waals surface area contributed by atoms with Crippen LogP contribution in [0.1, 0.15) is 63.8 Å². The highest BCUT2D eigenvalue weighted by atomic mass is 19.4. The van der Waals surface area contributed by atoms with Crippen LogP contribution < -0.4 is 10.2 Å². The van der Waals surface area contributed by atoms with Gasteiger partial charge in [-0.2, -0.15) is 28.8 Å². The number of imide groups is 1. The van der Waals surface area contributed by atoms with E-state index < -0.39 is 50.7 Å². The summed E-state index contributed by atoms with van der Waals surface area (Å²) in [6, 6.07) is 11.7. The first-order chi connectivity index (χ1) is 20.2. The Morgan fingerprint density at radius 3 is 1.98 bits per heavy atom. The zero-order valence-corrected chi connectivity index (χ0v) is 24.7. The summed E-state index contributed by atoms with van der Waals surface area (Å²) in [7, 11) is 0. The molecule has 1 saturated heterocycles.